The highest BCUT2D eigenvalue weighted by molar-refractivity contribution is 6.20. The van der Waals surface area contributed by atoms with E-state index in [-0.39, 0.29) is 11.6 Å². The molecule has 0 aliphatic heterocycles. The number of ether oxygens (including phenoxy) is 1. The summed E-state index contributed by atoms with van der Waals surface area (Å²) in [5, 5.41) is 11.2. The lowest BCUT2D eigenvalue weighted by molar-refractivity contribution is -0.484. The van der Waals surface area contributed by atoms with Crippen molar-refractivity contribution in [3.63, 3.8) is 0 Å². The van der Waals surface area contributed by atoms with Gasteiger partial charge in [0.1, 0.15) is 5.75 Å². The monoisotopic (exact) mass is 328 g/mol. The third kappa shape index (κ3) is 4.34. The molecule has 6 nitrogen and oxygen atoms in total. The van der Waals surface area contributed by atoms with Crippen LogP contribution >= 0.6 is 11.6 Å². The number of carbonyl (C=O) groups excluding carboxylic acids is 1. The molecule has 0 aromatic heterocycles. The maximum Gasteiger partial charge on any atom is 0.296 e. The SMILES string of the molecule is CCCCOc1ccccc1N(C(=O)C(C)(C)CCl)[N+](=O)[O-]. The number of hydrogen-bond acceptors (Lipinski definition) is 4. The lowest BCUT2D eigenvalue weighted by atomic mass is 9.94. The van der Waals surface area contributed by atoms with E-state index in [1.807, 2.05) is 6.92 Å². The van der Waals surface area contributed by atoms with E-state index in [2.05, 4.69) is 0 Å². The first-order valence-electron chi connectivity index (χ1n) is 7.11. The molecular weight excluding hydrogens is 308 g/mol. The first-order valence-corrected chi connectivity index (χ1v) is 7.65. The van der Waals surface area contributed by atoms with E-state index < -0.39 is 16.4 Å². The molecule has 1 amide bonds. The number of benzene rings is 1. The predicted molar refractivity (Wildman–Crippen MR) is 85.8 cm³/mol. The summed E-state index contributed by atoms with van der Waals surface area (Å²) >= 11 is 5.77. The fourth-order valence-corrected chi connectivity index (χ4v) is 1.81. The topological polar surface area (TPSA) is 72.7 Å². The predicted octanol–water partition coefficient (Wildman–Crippen LogP) is 3.66. The first-order chi connectivity index (χ1) is 10.3. The Kier molecular flexibility index (Phi) is 6.61. The molecule has 0 unspecified atom stereocenters. The van der Waals surface area contributed by atoms with Crippen molar-refractivity contribution in [2.75, 3.05) is 17.5 Å². The van der Waals surface area contributed by atoms with Crippen molar-refractivity contribution in [2.45, 2.75) is 33.6 Å². The molecule has 0 aliphatic rings. The van der Waals surface area contributed by atoms with Crippen LogP contribution in [0.4, 0.5) is 5.69 Å². The number of hydrogen-bond donors (Lipinski definition) is 0. The van der Waals surface area contributed by atoms with Gasteiger partial charge < -0.3 is 4.74 Å². The fraction of sp³-hybridized carbons (Fsp3) is 0.533. The number of halogens is 1. The van der Waals surface area contributed by atoms with Crippen molar-refractivity contribution < 1.29 is 14.6 Å². The summed E-state index contributed by atoms with van der Waals surface area (Å²) in [6.07, 6.45) is 1.77. The summed E-state index contributed by atoms with van der Waals surface area (Å²) < 4.78 is 5.57. The molecule has 1 rings (SSSR count). The molecule has 0 atom stereocenters. The average Bonchev–Trinajstić information content (AvgIpc) is 2.48. The van der Waals surface area contributed by atoms with E-state index in [0.717, 1.165) is 12.8 Å². The van der Waals surface area contributed by atoms with Crippen molar-refractivity contribution in [1.82, 2.24) is 0 Å². The summed E-state index contributed by atoms with van der Waals surface area (Å²) in [4.78, 5) is 23.9. The standard InChI is InChI=1S/C15H21ClN2O4/c1-4-5-10-22-13-9-7-6-8-12(13)17(18(20)21)14(19)15(2,3)11-16/h6-9H,4-5,10-11H2,1-3H3. The third-order valence-electron chi connectivity index (χ3n) is 3.12. The number of anilines is 1. The maximum atomic E-state index is 12.5. The van der Waals surface area contributed by atoms with Crippen LogP contribution in [0.15, 0.2) is 24.3 Å². The second-order valence-electron chi connectivity index (χ2n) is 5.54. The first kappa shape index (κ1) is 18.2. The van der Waals surface area contributed by atoms with Gasteiger partial charge in [0.25, 0.3) is 5.91 Å². The van der Waals surface area contributed by atoms with E-state index in [1.165, 1.54) is 6.07 Å². The van der Waals surface area contributed by atoms with Crippen LogP contribution in [0.5, 0.6) is 5.75 Å². The van der Waals surface area contributed by atoms with Gasteiger partial charge in [0.05, 0.1) is 12.0 Å². The van der Waals surface area contributed by atoms with Crippen LogP contribution in [-0.2, 0) is 4.79 Å². The zero-order valence-electron chi connectivity index (χ0n) is 13.0. The normalized spacial score (nSPS) is 11.1. The minimum absolute atomic E-state index is 0.0188. The van der Waals surface area contributed by atoms with Crippen molar-refractivity contribution in [3.05, 3.63) is 34.4 Å². The minimum Gasteiger partial charge on any atom is -0.491 e. The van der Waals surface area contributed by atoms with E-state index in [9.17, 15) is 14.9 Å². The maximum absolute atomic E-state index is 12.5. The van der Waals surface area contributed by atoms with Crippen molar-refractivity contribution in [1.29, 1.82) is 0 Å². The van der Waals surface area contributed by atoms with E-state index in [0.29, 0.717) is 17.4 Å². The Labute approximate surface area is 135 Å². The highest BCUT2D eigenvalue weighted by Crippen LogP contribution is 2.32. The zero-order valence-corrected chi connectivity index (χ0v) is 13.8. The van der Waals surface area contributed by atoms with Gasteiger partial charge in [-0.1, -0.05) is 25.5 Å². The number of unbranched alkanes of at least 4 members (excludes halogenated alkanes) is 1. The molecule has 22 heavy (non-hydrogen) atoms. The van der Waals surface area contributed by atoms with Crippen LogP contribution in [0.25, 0.3) is 0 Å². The number of para-hydroxylation sites is 2. The average molecular weight is 329 g/mol. The van der Waals surface area contributed by atoms with Crippen LogP contribution in [0.2, 0.25) is 0 Å². The molecule has 0 saturated carbocycles. The molecule has 0 heterocycles. The molecule has 1 aromatic carbocycles. The lowest BCUT2D eigenvalue weighted by Crippen LogP contribution is -2.45. The Bertz CT molecular complexity index is 534. The number of carbonyl (C=O) groups is 1. The van der Waals surface area contributed by atoms with Crippen molar-refractivity contribution >= 4 is 23.2 Å². The zero-order chi connectivity index (χ0) is 16.8. The fourth-order valence-electron chi connectivity index (χ4n) is 1.70. The summed E-state index contributed by atoms with van der Waals surface area (Å²) in [5.41, 5.74) is -0.933. The van der Waals surface area contributed by atoms with E-state index in [1.54, 1.807) is 32.0 Å². The Morgan fingerprint density at radius 3 is 2.59 bits per heavy atom. The van der Waals surface area contributed by atoms with Crippen LogP contribution in [0.1, 0.15) is 33.6 Å². The number of amides is 1. The highest BCUT2D eigenvalue weighted by Gasteiger charge is 2.40. The van der Waals surface area contributed by atoms with Gasteiger partial charge in [-0.15, -0.1) is 11.6 Å². The smallest absolute Gasteiger partial charge is 0.296 e. The summed E-state index contributed by atoms with van der Waals surface area (Å²) in [6, 6.07) is 6.44. The summed E-state index contributed by atoms with van der Waals surface area (Å²) in [5.74, 6) is -0.389. The number of nitrogens with zero attached hydrogens (tertiary/aromatic N) is 2. The lowest BCUT2D eigenvalue weighted by Gasteiger charge is -2.24. The summed E-state index contributed by atoms with van der Waals surface area (Å²) in [7, 11) is 0. The van der Waals surface area contributed by atoms with Crippen molar-refractivity contribution in [2.24, 2.45) is 5.41 Å². The van der Waals surface area contributed by atoms with Crippen molar-refractivity contribution in [3.8, 4) is 5.75 Å². The van der Waals surface area contributed by atoms with Gasteiger partial charge in [-0.3, -0.25) is 4.79 Å². The second kappa shape index (κ2) is 7.98. The quantitative estimate of drug-likeness (QED) is 0.316. The van der Waals surface area contributed by atoms with Gasteiger partial charge in [-0.25, -0.2) is 10.1 Å². The van der Waals surface area contributed by atoms with Gasteiger partial charge >= 0.3 is 0 Å². The van der Waals surface area contributed by atoms with Crippen LogP contribution < -0.4 is 9.75 Å². The molecule has 0 aliphatic carbocycles. The number of nitro groups is 1. The number of alkyl halides is 1. The molecule has 0 bridgehead atoms. The Balaban J connectivity index is 3.17. The molecule has 1 aromatic rings. The molecule has 0 saturated heterocycles. The van der Waals surface area contributed by atoms with Gasteiger partial charge in [-0.05, 0) is 37.4 Å². The largest absolute Gasteiger partial charge is 0.491 e. The molecule has 0 fully saturated rings. The Hall–Kier alpha value is -1.82. The van der Waals surface area contributed by atoms with Crippen LogP contribution in [-0.4, -0.2) is 23.4 Å². The molecule has 0 radical (unpaired) electrons. The highest BCUT2D eigenvalue weighted by atomic mass is 35.5. The molecule has 7 heteroatoms. The summed E-state index contributed by atoms with van der Waals surface area (Å²) in [6.45, 7) is 5.59. The van der Waals surface area contributed by atoms with Crippen LogP contribution in [0, 0.1) is 15.5 Å². The Morgan fingerprint density at radius 1 is 1.41 bits per heavy atom. The number of rotatable bonds is 8. The van der Waals surface area contributed by atoms with E-state index in [4.69, 9.17) is 16.3 Å². The minimum atomic E-state index is -1.05. The van der Waals surface area contributed by atoms with Gasteiger partial charge in [0, 0.05) is 5.88 Å². The van der Waals surface area contributed by atoms with Gasteiger partial charge in [-0.2, -0.15) is 0 Å². The Morgan fingerprint density at radius 2 is 2.05 bits per heavy atom. The van der Waals surface area contributed by atoms with Gasteiger partial charge in [0.2, 0.25) is 0 Å². The molecule has 122 valence electrons. The van der Waals surface area contributed by atoms with Crippen LogP contribution in [0.3, 0.4) is 0 Å². The second-order valence-corrected chi connectivity index (χ2v) is 5.81. The number of hydrazine groups is 1. The van der Waals surface area contributed by atoms with Gasteiger partial charge in [0.15, 0.2) is 10.7 Å². The molecule has 0 spiro atoms. The third-order valence-corrected chi connectivity index (χ3v) is 3.79. The molecule has 0 N–H and O–H groups in total. The molecular formula is C15H21ClN2O4. The van der Waals surface area contributed by atoms with E-state index >= 15 is 0 Å².